The molecular weight excluding hydrogens is 863 g/mol. The Morgan fingerprint density at radius 1 is 0.435 bits per heavy atom. The van der Waals surface area contributed by atoms with Crippen LogP contribution >= 0.6 is 0 Å². The van der Waals surface area contributed by atoms with Gasteiger partial charge in [-0.2, -0.15) is 0 Å². The van der Waals surface area contributed by atoms with E-state index in [0.717, 1.165) is 38.5 Å². The molecule has 0 aliphatic rings. The summed E-state index contributed by atoms with van der Waals surface area (Å²) in [6.45, 7) is 4.76. The lowest BCUT2D eigenvalue weighted by atomic mass is 10.0. The van der Waals surface area contributed by atoms with E-state index in [9.17, 15) is 19.5 Å². The predicted molar refractivity (Wildman–Crippen MR) is 288 cm³/mol. The molecule has 9 nitrogen and oxygen atoms in total. The summed E-state index contributed by atoms with van der Waals surface area (Å²) in [6.07, 6.45) is 59.0. The highest BCUT2D eigenvalue weighted by Crippen LogP contribution is 2.16. The zero-order valence-corrected chi connectivity index (χ0v) is 45.9. The molecular formula is C60H111NO8. The molecule has 0 rings (SSSR count). The summed E-state index contributed by atoms with van der Waals surface area (Å²) in [6, 6.07) is 0. The van der Waals surface area contributed by atoms with Gasteiger partial charge in [-0.1, -0.05) is 224 Å². The van der Waals surface area contributed by atoms with Gasteiger partial charge in [0.15, 0.2) is 12.4 Å². The fourth-order valence-electron chi connectivity index (χ4n) is 8.33. The van der Waals surface area contributed by atoms with Crippen molar-refractivity contribution in [2.24, 2.45) is 0 Å². The quantitative estimate of drug-likeness (QED) is 0.0195. The highest BCUT2D eigenvalue weighted by atomic mass is 16.7. The molecule has 0 aromatic carbocycles. The van der Waals surface area contributed by atoms with Crippen LogP contribution < -0.4 is 5.11 Å². The zero-order chi connectivity index (χ0) is 50.6. The van der Waals surface area contributed by atoms with Gasteiger partial charge in [0.1, 0.15) is 13.2 Å². The fraction of sp³-hybridized carbons (Fsp3) is 0.850. The van der Waals surface area contributed by atoms with Gasteiger partial charge in [-0.05, 0) is 70.6 Å². The number of ether oxygens (including phenoxy) is 4. The molecule has 0 amide bonds. The third kappa shape index (κ3) is 53.1. The van der Waals surface area contributed by atoms with Crippen molar-refractivity contribution in [3.8, 4) is 0 Å². The van der Waals surface area contributed by atoms with Crippen LogP contribution in [-0.2, 0) is 33.3 Å². The van der Waals surface area contributed by atoms with Crippen molar-refractivity contribution in [2.75, 3.05) is 47.5 Å². The Morgan fingerprint density at radius 2 is 0.783 bits per heavy atom. The highest BCUT2D eigenvalue weighted by molar-refractivity contribution is 5.70. The number of carboxylic acid groups (broad SMARTS) is 1. The third-order valence-electron chi connectivity index (χ3n) is 12.9. The molecule has 0 aromatic heterocycles. The molecule has 0 aliphatic carbocycles. The number of carbonyl (C=O) groups is 3. The molecule has 0 fully saturated rings. The predicted octanol–water partition coefficient (Wildman–Crippen LogP) is 15.6. The van der Waals surface area contributed by atoms with Gasteiger partial charge in [0.05, 0.1) is 40.3 Å². The topological polar surface area (TPSA) is 111 Å². The summed E-state index contributed by atoms with van der Waals surface area (Å²) in [5, 5.41) is 11.8. The highest BCUT2D eigenvalue weighted by Gasteiger charge is 2.22. The smallest absolute Gasteiger partial charge is 0.306 e. The molecule has 0 spiro atoms. The van der Waals surface area contributed by atoms with E-state index in [1.54, 1.807) is 0 Å². The molecule has 9 heteroatoms. The van der Waals surface area contributed by atoms with Crippen LogP contribution in [0.4, 0.5) is 0 Å². The van der Waals surface area contributed by atoms with Crippen LogP contribution in [-0.4, -0.2) is 82.3 Å². The molecule has 0 N–H and O–H groups in total. The minimum absolute atomic E-state index is 0.148. The average molecular weight is 975 g/mol. The minimum Gasteiger partial charge on any atom is -0.545 e. The van der Waals surface area contributed by atoms with Gasteiger partial charge < -0.3 is 33.3 Å². The normalized spacial score (nSPS) is 13.0. The van der Waals surface area contributed by atoms with E-state index in [1.165, 1.54) is 199 Å². The molecule has 2 unspecified atom stereocenters. The van der Waals surface area contributed by atoms with Crippen molar-refractivity contribution in [3.63, 3.8) is 0 Å². The Morgan fingerprint density at radius 3 is 1.16 bits per heavy atom. The van der Waals surface area contributed by atoms with Crippen LogP contribution in [0.25, 0.3) is 0 Å². The maximum Gasteiger partial charge on any atom is 0.306 e. The molecule has 69 heavy (non-hydrogen) atoms. The standard InChI is InChI=1S/C60H111NO8/c1-6-8-10-12-14-16-18-20-22-24-25-26-27-28-29-30-31-32-33-35-37-39-41-43-45-47-49-51-58(63)69-56(55-68-60(59(64)65)66-53-52-61(3,4)5)54-67-57(62)50-48-46-44-42-40-38-36-34-23-21-19-17-15-13-11-9-7-2/h18,20-21,23-25,56,60H,6-17,19,22,26-55H2,1-5H3/b20-18-,23-21-,25-24-. The number of allylic oxidation sites excluding steroid dienone is 6. The summed E-state index contributed by atoms with van der Waals surface area (Å²) in [7, 11) is 5.92. The average Bonchev–Trinajstić information content (AvgIpc) is 3.31. The Labute approximate surface area is 426 Å². The lowest BCUT2D eigenvalue weighted by Gasteiger charge is -2.26. The number of hydrogen-bond acceptors (Lipinski definition) is 8. The van der Waals surface area contributed by atoms with Crippen molar-refractivity contribution < 1.29 is 42.9 Å². The first-order valence-electron chi connectivity index (χ1n) is 29.1. The second kappa shape index (κ2) is 51.9. The second-order valence-electron chi connectivity index (χ2n) is 20.9. The lowest BCUT2D eigenvalue weighted by Crippen LogP contribution is -2.44. The first-order valence-corrected chi connectivity index (χ1v) is 29.1. The molecule has 0 heterocycles. The fourth-order valence-corrected chi connectivity index (χ4v) is 8.33. The molecule has 0 bridgehead atoms. The number of nitrogens with zero attached hydrogens (tertiary/aromatic N) is 1. The second-order valence-corrected chi connectivity index (χ2v) is 20.9. The first kappa shape index (κ1) is 66.5. The first-order chi connectivity index (χ1) is 33.6. The molecule has 0 saturated carbocycles. The van der Waals surface area contributed by atoms with Gasteiger partial charge in [-0.15, -0.1) is 0 Å². The van der Waals surface area contributed by atoms with Gasteiger partial charge in [-0.25, -0.2) is 0 Å². The summed E-state index contributed by atoms with van der Waals surface area (Å²) >= 11 is 0. The van der Waals surface area contributed by atoms with Crippen molar-refractivity contribution in [2.45, 2.75) is 283 Å². The molecule has 404 valence electrons. The number of aliphatic carboxylic acids is 1. The van der Waals surface area contributed by atoms with Gasteiger partial charge in [-0.3, -0.25) is 9.59 Å². The number of carboxylic acids is 1. The van der Waals surface area contributed by atoms with Crippen LogP contribution in [0.2, 0.25) is 0 Å². The van der Waals surface area contributed by atoms with E-state index in [1.807, 2.05) is 21.1 Å². The monoisotopic (exact) mass is 974 g/mol. The van der Waals surface area contributed by atoms with Crippen LogP contribution in [0.1, 0.15) is 271 Å². The third-order valence-corrected chi connectivity index (χ3v) is 12.9. The summed E-state index contributed by atoms with van der Waals surface area (Å²) < 4.78 is 22.7. The number of rotatable bonds is 54. The Balaban J connectivity index is 4.20. The van der Waals surface area contributed by atoms with Crippen molar-refractivity contribution in [1.82, 2.24) is 0 Å². The number of hydrogen-bond donors (Lipinski definition) is 0. The summed E-state index contributed by atoms with van der Waals surface area (Å²) in [5.41, 5.74) is 0. The zero-order valence-electron chi connectivity index (χ0n) is 45.9. The van der Waals surface area contributed by atoms with Crippen LogP contribution in [0.15, 0.2) is 36.5 Å². The summed E-state index contributed by atoms with van der Waals surface area (Å²) in [5.74, 6) is -2.27. The van der Waals surface area contributed by atoms with E-state index in [0.29, 0.717) is 17.4 Å². The molecule has 0 aromatic rings. The minimum atomic E-state index is -1.62. The van der Waals surface area contributed by atoms with E-state index >= 15 is 0 Å². The van der Waals surface area contributed by atoms with E-state index < -0.39 is 24.3 Å². The van der Waals surface area contributed by atoms with Crippen molar-refractivity contribution >= 4 is 17.9 Å². The maximum atomic E-state index is 12.9. The number of quaternary nitrogens is 1. The molecule has 2 atom stereocenters. The Kier molecular flexibility index (Phi) is 50.0. The van der Waals surface area contributed by atoms with E-state index in [-0.39, 0.29) is 38.6 Å². The van der Waals surface area contributed by atoms with Gasteiger partial charge in [0, 0.05) is 12.8 Å². The van der Waals surface area contributed by atoms with Crippen LogP contribution in [0, 0.1) is 0 Å². The van der Waals surface area contributed by atoms with Crippen LogP contribution in [0.3, 0.4) is 0 Å². The van der Waals surface area contributed by atoms with Gasteiger partial charge >= 0.3 is 11.9 Å². The number of esters is 2. The SMILES string of the molecule is CCCCCCC/C=C\C/C=C\CCCCCCCCCCCCCCCCCC(=O)OC(COC(=O)CCCCCCCCC/C=C\CCCCCCCC)COC(OCC[N+](C)(C)C)C(=O)[O-]. The maximum absolute atomic E-state index is 12.9. The molecule has 0 radical (unpaired) electrons. The van der Waals surface area contributed by atoms with Gasteiger partial charge in [0.2, 0.25) is 0 Å². The number of unbranched alkanes of at least 4 members (excludes halogenated alkanes) is 33. The largest absolute Gasteiger partial charge is 0.545 e. The summed E-state index contributed by atoms with van der Waals surface area (Å²) in [4.78, 5) is 37.3. The van der Waals surface area contributed by atoms with Crippen molar-refractivity contribution in [1.29, 1.82) is 0 Å². The molecule has 0 saturated heterocycles. The molecule has 0 aliphatic heterocycles. The Hall–Kier alpha value is -2.49. The lowest BCUT2D eigenvalue weighted by molar-refractivity contribution is -0.870. The van der Waals surface area contributed by atoms with Crippen molar-refractivity contribution in [3.05, 3.63) is 36.5 Å². The van der Waals surface area contributed by atoms with Gasteiger partial charge in [0.25, 0.3) is 0 Å². The number of carbonyl (C=O) groups excluding carboxylic acids is 3. The van der Waals surface area contributed by atoms with E-state index in [4.69, 9.17) is 18.9 Å². The number of likely N-dealkylation sites (N-methyl/N-ethyl adjacent to an activating group) is 1. The van der Waals surface area contributed by atoms with Crippen LogP contribution in [0.5, 0.6) is 0 Å². The Bertz CT molecular complexity index is 1230. The van der Waals surface area contributed by atoms with E-state index in [2.05, 4.69) is 50.3 Å².